The molecule has 3 aromatic rings. The highest BCUT2D eigenvalue weighted by molar-refractivity contribution is 5.90. The molecule has 0 bridgehead atoms. The number of methoxy groups -OCH3 is 1. The first-order chi connectivity index (χ1) is 16.5. The maximum Gasteiger partial charge on any atom is 0.317 e. The predicted molar refractivity (Wildman–Crippen MR) is 123 cm³/mol. The summed E-state index contributed by atoms with van der Waals surface area (Å²) in [4.78, 5) is 20.5. The number of nitrogens with zero attached hydrogens (tertiary/aromatic N) is 4. The molecule has 180 valence electrons. The maximum atomic E-state index is 11.3. The minimum atomic E-state index is -0.690. The van der Waals surface area contributed by atoms with Crippen LogP contribution in [-0.2, 0) is 19.8 Å². The summed E-state index contributed by atoms with van der Waals surface area (Å²) in [6, 6.07) is 4.80. The number of nitrogens with two attached hydrogens (primary N) is 1. The number of pyridine rings is 2. The van der Waals surface area contributed by atoms with E-state index in [9.17, 15) is 4.79 Å². The average Bonchev–Trinajstić information content (AvgIpc) is 3.13. The number of nitrogens with one attached hydrogen (secondary N) is 1. The SMILES string of the molecule is CO[C@@]1(c2cc(OCC3COC3)cc(-n3nc(C)c4cnc(NC(N)=O)cc43)n2)CCCOC1. The third-order valence-corrected chi connectivity index (χ3v) is 6.26. The number of primary amides is 1. The summed E-state index contributed by atoms with van der Waals surface area (Å²) < 4.78 is 24.9. The average molecular weight is 469 g/mol. The molecule has 11 heteroatoms. The molecule has 11 nitrogen and oxygen atoms in total. The van der Waals surface area contributed by atoms with E-state index in [4.69, 9.17) is 34.8 Å². The molecule has 1 atom stereocenters. The summed E-state index contributed by atoms with van der Waals surface area (Å²) in [5, 5.41) is 8.05. The van der Waals surface area contributed by atoms with E-state index in [-0.39, 0.29) is 0 Å². The molecular weight excluding hydrogens is 440 g/mol. The molecule has 3 aromatic heterocycles. The van der Waals surface area contributed by atoms with Crippen molar-refractivity contribution >= 4 is 22.8 Å². The lowest BCUT2D eigenvalue weighted by atomic mass is 9.92. The fourth-order valence-corrected chi connectivity index (χ4v) is 4.27. The lowest BCUT2D eigenvalue weighted by Crippen LogP contribution is -2.39. The Labute approximate surface area is 196 Å². The number of fused-ring (bicyclic) bond motifs is 1. The summed E-state index contributed by atoms with van der Waals surface area (Å²) >= 11 is 0. The van der Waals surface area contributed by atoms with Gasteiger partial charge >= 0.3 is 6.03 Å². The van der Waals surface area contributed by atoms with Gasteiger partial charge in [0.1, 0.15) is 17.2 Å². The molecule has 0 aromatic carbocycles. The lowest BCUT2D eigenvalue weighted by molar-refractivity contribution is -0.117. The largest absolute Gasteiger partial charge is 0.493 e. The van der Waals surface area contributed by atoms with Crippen molar-refractivity contribution in [3.05, 3.63) is 35.8 Å². The summed E-state index contributed by atoms with van der Waals surface area (Å²) in [6.45, 7) is 4.95. The predicted octanol–water partition coefficient (Wildman–Crippen LogP) is 2.29. The van der Waals surface area contributed by atoms with Crippen molar-refractivity contribution in [3.8, 4) is 11.6 Å². The minimum Gasteiger partial charge on any atom is -0.493 e. The normalized spacial score (nSPS) is 20.8. The summed E-state index contributed by atoms with van der Waals surface area (Å²) in [5.74, 6) is 1.93. The second-order valence-electron chi connectivity index (χ2n) is 8.69. The molecule has 0 spiro atoms. The van der Waals surface area contributed by atoms with Crippen LogP contribution in [0.5, 0.6) is 5.75 Å². The van der Waals surface area contributed by atoms with Crippen LogP contribution in [0.1, 0.15) is 24.2 Å². The van der Waals surface area contributed by atoms with Crippen LogP contribution in [0.25, 0.3) is 16.7 Å². The van der Waals surface area contributed by atoms with Gasteiger partial charge in [-0.15, -0.1) is 0 Å². The van der Waals surface area contributed by atoms with Crippen LogP contribution in [0.4, 0.5) is 10.6 Å². The number of amides is 2. The summed E-state index contributed by atoms with van der Waals surface area (Å²) in [5.41, 5.74) is 6.82. The highest BCUT2D eigenvalue weighted by Gasteiger charge is 2.37. The number of rotatable bonds is 7. The van der Waals surface area contributed by atoms with Gasteiger partial charge < -0.3 is 24.7 Å². The van der Waals surface area contributed by atoms with Crippen LogP contribution in [0, 0.1) is 12.8 Å². The number of hydrogen-bond acceptors (Lipinski definition) is 8. The molecule has 5 rings (SSSR count). The van der Waals surface area contributed by atoms with Gasteiger partial charge in [-0.1, -0.05) is 0 Å². The Morgan fingerprint density at radius 3 is 2.85 bits per heavy atom. The molecule has 0 saturated carbocycles. The van der Waals surface area contributed by atoms with Crippen LogP contribution in [0.2, 0.25) is 0 Å². The fraction of sp³-hybridized carbons (Fsp3) is 0.478. The Morgan fingerprint density at radius 2 is 2.18 bits per heavy atom. The van der Waals surface area contributed by atoms with E-state index < -0.39 is 11.6 Å². The van der Waals surface area contributed by atoms with Crippen LogP contribution in [-0.4, -0.2) is 65.9 Å². The third-order valence-electron chi connectivity index (χ3n) is 6.26. The van der Waals surface area contributed by atoms with Crippen molar-refractivity contribution in [2.75, 3.05) is 45.5 Å². The van der Waals surface area contributed by atoms with Gasteiger partial charge in [0.15, 0.2) is 5.82 Å². The minimum absolute atomic E-state index is 0.327. The van der Waals surface area contributed by atoms with E-state index in [0.717, 1.165) is 35.1 Å². The second kappa shape index (κ2) is 9.16. The van der Waals surface area contributed by atoms with Gasteiger partial charge in [0, 0.05) is 49.4 Å². The van der Waals surface area contributed by atoms with Crippen molar-refractivity contribution < 1.29 is 23.7 Å². The van der Waals surface area contributed by atoms with E-state index in [0.29, 0.717) is 56.3 Å². The van der Waals surface area contributed by atoms with Crippen molar-refractivity contribution in [1.29, 1.82) is 0 Å². The van der Waals surface area contributed by atoms with E-state index in [1.165, 1.54) is 0 Å². The molecule has 34 heavy (non-hydrogen) atoms. The van der Waals surface area contributed by atoms with Crippen molar-refractivity contribution in [3.63, 3.8) is 0 Å². The first kappa shape index (κ1) is 22.5. The number of aromatic nitrogens is 4. The number of anilines is 1. The zero-order chi connectivity index (χ0) is 23.7. The Kier molecular flexibility index (Phi) is 6.07. The van der Waals surface area contributed by atoms with Crippen molar-refractivity contribution in [2.24, 2.45) is 11.7 Å². The number of ether oxygens (including phenoxy) is 4. The summed E-state index contributed by atoms with van der Waals surface area (Å²) in [6.07, 6.45) is 3.31. The first-order valence-corrected chi connectivity index (χ1v) is 11.3. The molecule has 5 heterocycles. The van der Waals surface area contributed by atoms with Gasteiger partial charge in [-0.05, 0) is 19.8 Å². The topological polar surface area (TPSA) is 136 Å². The van der Waals surface area contributed by atoms with Gasteiger partial charge in [-0.2, -0.15) is 5.10 Å². The molecule has 0 aliphatic carbocycles. The molecule has 0 unspecified atom stereocenters. The van der Waals surface area contributed by atoms with Crippen LogP contribution >= 0.6 is 0 Å². The van der Waals surface area contributed by atoms with Crippen LogP contribution < -0.4 is 15.8 Å². The Hall–Kier alpha value is -3.28. The molecule has 2 aliphatic rings. The van der Waals surface area contributed by atoms with E-state index in [1.807, 2.05) is 19.1 Å². The number of carbonyl (C=O) groups excluding carboxylic acids is 1. The van der Waals surface area contributed by atoms with Crippen LogP contribution in [0.3, 0.4) is 0 Å². The zero-order valence-electron chi connectivity index (χ0n) is 19.2. The molecule has 3 N–H and O–H groups in total. The molecule has 2 saturated heterocycles. The standard InChI is InChI=1S/C23H28N6O5/c1-14-17-9-25-20(27-22(24)30)8-18(17)29(28-14)21-7-16(34-12-15-10-33-11-15)6-19(26-21)23(31-2)4-3-5-32-13-23/h6-9,15H,3-5,10-13H2,1-2H3,(H3,24,25,27,30)/t23-/m0/s1. The van der Waals surface area contributed by atoms with E-state index in [1.54, 1.807) is 24.1 Å². The lowest BCUT2D eigenvalue weighted by Gasteiger charge is -2.35. The van der Waals surface area contributed by atoms with E-state index >= 15 is 0 Å². The quantitative estimate of drug-likeness (QED) is 0.539. The van der Waals surface area contributed by atoms with Crippen molar-refractivity contribution in [1.82, 2.24) is 19.7 Å². The number of aryl methyl sites for hydroxylation is 1. The highest BCUT2D eigenvalue weighted by Crippen LogP contribution is 2.36. The van der Waals surface area contributed by atoms with Crippen LogP contribution in [0.15, 0.2) is 24.4 Å². The Bertz CT molecular complexity index is 1200. The second-order valence-corrected chi connectivity index (χ2v) is 8.69. The first-order valence-electron chi connectivity index (χ1n) is 11.3. The zero-order valence-corrected chi connectivity index (χ0v) is 19.2. The number of carbonyl (C=O) groups is 1. The summed E-state index contributed by atoms with van der Waals surface area (Å²) in [7, 11) is 1.68. The van der Waals surface area contributed by atoms with E-state index in [2.05, 4.69) is 10.3 Å². The molecule has 2 amide bonds. The number of urea groups is 1. The van der Waals surface area contributed by atoms with Gasteiger partial charge in [-0.25, -0.2) is 19.4 Å². The maximum absolute atomic E-state index is 11.3. The van der Waals surface area contributed by atoms with Gasteiger partial charge in [-0.3, -0.25) is 5.32 Å². The molecule has 0 radical (unpaired) electrons. The third kappa shape index (κ3) is 4.29. The molecular formula is C23H28N6O5. The van der Waals surface area contributed by atoms with Gasteiger partial charge in [0.2, 0.25) is 0 Å². The van der Waals surface area contributed by atoms with Crippen molar-refractivity contribution in [2.45, 2.75) is 25.4 Å². The Morgan fingerprint density at radius 1 is 1.32 bits per heavy atom. The monoisotopic (exact) mass is 468 g/mol. The van der Waals surface area contributed by atoms with Gasteiger partial charge in [0.05, 0.1) is 43.3 Å². The molecule has 2 aliphatic heterocycles. The fourth-order valence-electron chi connectivity index (χ4n) is 4.27. The highest BCUT2D eigenvalue weighted by atomic mass is 16.5. The smallest absolute Gasteiger partial charge is 0.317 e. The van der Waals surface area contributed by atoms with Gasteiger partial charge in [0.25, 0.3) is 0 Å². The molecule has 2 fully saturated rings. The number of hydrogen-bond donors (Lipinski definition) is 2. The Balaban J connectivity index is 1.60.